The Hall–Kier alpha value is -1.08. The molecule has 0 radical (unpaired) electrons. The highest BCUT2D eigenvalue weighted by Crippen LogP contribution is 2.39. The van der Waals surface area contributed by atoms with Gasteiger partial charge in [0.15, 0.2) is 0 Å². The molecule has 0 atom stereocenters. The van der Waals surface area contributed by atoms with Gasteiger partial charge in [-0.25, -0.2) is 0 Å². The van der Waals surface area contributed by atoms with Crippen LogP contribution in [-0.4, -0.2) is 28.4 Å². The first-order valence-electron chi connectivity index (χ1n) is 6.75. The number of thioether (sulfide) groups is 1. The van der Waals surface area contributed by atoms with Crippen LogP contribution in [0.4, 0.5) is 5.69 Å². The van der Waals surface area contributed by atoms with E-state index in [0.717, 1.165) is 12.8 Å². The molecule has 1 aliphatic carbocycles. The molecule has 7 heteroatoms. The zero-order chi connectivity index (χ0) is 15.5. The molecule has 1 saturated carbocycles. The van der Waals surface area contributed by atoms with Gasteiger partial charge in [0.1, 0.15) is 0 Å². The van der Waals surface area contributed by atoms with Gasteiger partial charge in [-0.2, -0.15) is 11.8 Å². The summed E-state index contributed by atoms with van der Waals surface area (Å²) in [4.78, 5) is 22.6. The number of nitrogens with zero attached hydrogens (tertiary/aromatic N) is 1. The Morgan fingerprint density at radius 1 is 1.48 bits per heavy atom. The minimum absolute atomic E-state index is 0.0944. The van der Waals surface area contributed by atoms with E-state index in [4.69, 9.17) is 0 Å². The molecule has 0 aromatic heterocycles. The van der Waals surface area contributed by atoms with Crippen molar-refractivity contribution in [1.82, 2.24) is 5.32 Å². The van der Waals surface area contributed by atoms with Crippen molar-refractivity contribution in [2.24, 2.45) is 0 Å². The first-order chi connectivity index (χ1) is 9.97. The summed E-state index contributed by atoms with van der Waals surface area (Å²) in [6.07, 6.45) is 6.67. The molecule has 2 rings (SSSR count). The molecular weight excluding hydrogens is 356 g/mol. The summed E-state index contributed by atoms with van der Waals surface area (Å²) >= 11 is 4.91. The quantitative estimate of drug-likeness (QED) is 0.630. The Bertz CT molecular complexity index is 559. The smallest absolute Gasteiger partial charge is 0.284 e. The molecular formula is C14H17BrN2O3S. The average Bonchev–Trinajstić information content (AvgIpc) is 2.94. The maximum Gasteiger partial charge on any atom is 0.284 e. The molecule has 0 saturated heterocycles. The Labute approximate surface area is 136 Å². The number of hydrogen-bond acceptors (Lipinski definition) is 4. The second-order valence-corrected chi connectivity index (χ2v) is 7.33. The van der Waals surface area contributed by atoms with Gasteiger partial charge in [0.25, 0.3) is 11.6 Å². The van der Waals surface area contributed by atoms with E-state index in [9.17, 15) is 14.9 Å². The van der Waals surface area contributed by atoms with Crippen molar-refractivity contribution in [3.8, 4) is 0 Å². The topological polar surface area (TPSA) is 72.2 Å². The van der Waals surface area contributed by atoms with Gasteiger partial charge in [-0.1, -0.05) is 12.8 Å². The summed E-state index contributed by atoms with van der Waals surface area (Å²) in [5, 5.41) is 13.8. The van der Waals surface area contributed by atoms with Gasteiger partial charge in [-0.05, 0) is 47.2 Å². The zero-order valence-electron chi connectivity index (χ0n) is 11.7. The van der Waals surface area contributed by atoms with E-state index in [2.05, 4.69) is 27.5 Å². The minimum Gasteiger partial charge on any atom is -0.351 e. The fraction of sp³-hybridized carbons (Fsp3) is 0.500. The molecule has 21 heavy (non-hydrogen) atoms. The molecule has 0 unspecified atom stereocenters. The number of rotatable bonds is 5. The molecule has 5 nitrogen and oxygen atoms in total. The third-order valence-electron chi connectivity index (χ3n) is 3.92. The van der Waals surface area contributed by atoms with Gasteiger partial charge in [-0.3, -0.25) is 14.9 Å². The van der Waals surface area contributed by atoms with Crippen LogP contribution in [-0.2, 0) is 0 Å². The third-order valence-corrected chi connectivity index (χ3v) is 6.01. The number of nitro groups is 1. The second-order valence-electron chi connectivity index (χ2n) is 5.20. The van der Waals surface area contributed by atoms with E-state index in [1.807, 2.05) is 0 Å². The first-order valence-corrected chi connectivity index (χ1v) is 8.76. The number of carbonyl (C=O) groups is 1. The molecule has 0 heterocycles. The van der Waals surface area contributed by atoms with E-state index in [1.165, 1.54) is 25.0 Å². The lowest BCUT2D eigenvalue weighted by Gasteiger charge is -2.26. The number of halogens is 1. The van der Waals surface area contributed by atoms with E-state index in [-0.39, 0.29) is 16.3 Å². The van der Waals surface area contributed by atoms with Crippen molar-refractivity contribution in [2.75, 3.05) is 12.8 Å². The monoisotopic (exact) mass is 372 g/mol. The van der Waals surface area contributed by atoms with Gasteiger partial charge in [-0.15, -0.1) is 0 Å². The largest absolute Gasteiger partial charge is 0.351 e. The summed E-state index contributed by atoms with van der Waals surface area (Å²) in [7, 11) is 0. The maximum absolute atomic E-state index is 12.2. The molecule has 1 fully saturated rings. The van der Waals surface area contributed by atoms with E-state index in [1.54, 1.807) is 17.8 Å². The minimum atomic E-state index is -0.499. The highest BCUT2D eigenvalue weighted by atomic mass is 79.9. The van der Waals surface area contributed by atoms with Gasteiger partial charge in [0.2, 0.25) is 0 Å². The van der Waals surface area contributed by atoms with Gasteiger partial charge < -0.3 is 5.32 Å². The van der Waals surface area contributed by atoms with Crippen molar-refractivity contribution >= 4 is 39.3 Å². The Kier molecular flexibility index (Phi) is 5.27. The van der Waals surface area contributed by atoms with Crippen molar-refractivity contribution in [3.05, 3.63) is 38.3 Å². The fourth-order valence-corrected chi connectivity index (χ4v) is 3.91. The molecule has 1 aromatic carbocycles. The molecule has 0 bridgehead atoms. The lowest BCUT2D eigenvalue weighted by molar-refractivity contribution is -0.385. The SMILES string of the molecule is CSC1(CNC(=O)c2ccc(Br)c([N+](=O)[O-])c2)CCCC1. The van der Waals surface area contributed by atoms with E-state index < -0.39 is 4.92 Å². The molecule has 1 aromatic rings. The summed E-state index contributed by atoms with van der Waals surface area (Å²) in [5.41, 5.74) is 0.224. The van der Waals surface area contributed by atoms with Gasteiger partial charge >= 0.3 is 0 Å². The van der Waals surface area contributed by atoms with Crippen LogP contribution in [0.25, 0.3) is 0 Å². The lowest BCUT2D eigenvalue weighted by atomic mass is 10.1. The van der Waals surface area contributed by atoms with Gasteiger partial charge in [0.05, 0.1) is 9.40 Å². The Morgan fingerprint density at radius 3 is 2.71 bits per heavy atom. The number of nitrogens with one attached hydrogen (secondary N) is 1. The number of carbonyl (C=O) groups excluding carboxylic acids is 1. The summed E-state index contributed by atoms with van der Waals surface area (Å²) < 4.78 is 0.497. The van der Waals surface area contributed by atoms with Gasteiger partial charge in [0, 0.05) is 22.9 Å². The number of hydrogen-bond donors (Lipinski definition) is 1. The van der Waals surface area contributed by atoms with Crippen LogP contribution < -0.4 is 5.32 Å². The molecule has 1 N–H and O–H groups in total. The van der Waals surface area contributed by atoms with E-state index >= 15 is 0 Å². The summed E-state index contributed by atoms with van der Waals surface area (Å²) in [6.45, 7) is 0.608. The molecule has 1 aliphatic rings. The maximum atomic E-state index is 12.2. The van der Waals surface area contributed by atoms with Crippen molar-refractivity contribution in [3.63, 3.8) is 0 Å². The highest BCUT2D eigenvalue weighted by Gasteiger charge is 2.33. The number of nitro benzene ring substituents is 1. The summed E-state index contributed by atoms with van der Waals surface area (Å²) in [5.74, 6) is -0.258. The van der Waals surface area contributed by atoms with Crippen LogP contribution >= 0.6 is 27.7 Å². The highest BCUT2D eigenvalue weighted by molar-refractivity contribution is 9.10. The molecule has 1 amide bonds. The zero-order valence-corrected chi connectivity index (χ0v) is 14.1. The van der Waals surface area contributed by atoms with Crippen LogP contribution in [0.1, 0.15) is 36.0 Å². The standard InChI is InChI=1S/C14H17BrN2O3S/c1-21-14(6-2-3-7-14)9-16-13(18)10-4-5-11(15)12(8-10)17(19)20/h4-5,8H,2-3,6-7,9H2,1H3,(H,16,18). The first kappa shape index (κ1) is 16.3. The van der Waals surface area contributed by atoms with Crippen molar-refractivity contribution in [2.45, 2.75) is 30.4 Å². The van der Waals surface area contributed by atoms with Crippen LogP contribution in [0.3, 0.4) is 0 Å². The Balaban J connectivity index is 2.07. The Morgan fingerprint density at radius 2 is 2.14 bits per heavy atom. The summed E-state index contributed by atoms with van der Waals surface area (Å²) in [6, 6.07) is 4.43. The molecule has 0 aliphatic heterocycles. The van der Waals surface area contributed by atoms with Crippen LogP contribution in [0.2, 0.25) is 0 Å². The average molecular weight is 373 g/mol. The van der Waals surface area contributed by atoms with Crippen LogP contribution in [0, 0.1) is 10.1 Å². The number of benzene rings is 1. The van der Waals surface area contributed by atoms with Crippen LogP contribution in [0.5, 0.6) is 0 Å². The molecule has 0 spiro atoms. The number of amides is 1. The predicted octanol–water partition coefficient (Wildman–Crippen LogP) is 3.76. The van der Waals surface area contributed by atoms with Crippen molar-refractivity contribution < 1.29 is 9.72 Å². The fourth-order valence-electron chi connectivity index (χ4n) is 2.61. The molecule has 114 valence electrons. The third kappa shape index (κ3) is 3.77. The lowest BCUT2D eigenvalue weighted by Crippen LogP contribution is -2.38. The van der Waals surface area contributed by atoms with E-state index in [0.29, 0.717) is 16.6 Å². The van der Waals surface area contributed by atoms with Crippen LogP contribution in [0.15, 0.2) is 22.7 Å². The predicted molar refractivity (Wildman–Crippen MR) is 87.8 cm³/mol. The second kappa shape index (κ2) is 6.79. The van der Waals surface area contributed by atoms with Crippen molar-refractivity contribution in [1.29, 1.82) is 0 Å². The normalized spacial score (nSPS) is 16.7.